The Morgan fingerprint density at radius 3 is 2.62 bits per heavy atom. The van der Waals surface area contributed by atoms with Crippen molar-refractivity contribution in [2.45, 2.75) is 38.3 Å². The molecule has 1 aromatic heterocycles. The molecule has 1 N–H and O–H groups in total. The Labute approximate surface area is 168 Å². The van der Waals surface area contributed by atoms with Crippen LogP contribution in [0.15, 0.2) is 47.3 Å². The van der Waals surface area contributed by atoms with Gasteiger partial charge in [0.2, 0.25) is 11.8 Å². The van der Waals surface area contributed by atoms with Crippen molar-refractivity contribution < 1.29 is 14.0 Å². The first-order chi connectivity index (χ1) is 14.0. The summed E-state index contributed by atoms with van der Waals surface area (Å²) in [4.78, 5) is 38.7. The van der Waals surface area contributed by atoms with Gasteiger partial charge in [0.25, 0.3) is 5.56 Å². The third kappa shape index (κ3) is 4.39. The molecule has 2 aliphatic heterocycles. The number of pyridine rings is 1. The van der Waals surface area contributed by atoms with Crippen LogP contribution in [0.2, 0.25) is 0 Å². The summed E-state index contributed by atoms with van der Waals surface area (Å²) < 4.78 is 14.7. The summed E-state index contributed by atoms with van der Waals surface area (Å²) in [6.07, 6.45) is 1.28. The molecule has 1 saturated heterocycles. The van der Waals surface area contributed by atoms with Crippen LogP contribution in [0.4, 0.5) is 4.39 Å². The lowest BCUT2D eigenvalue weighted by Gasteiger charge is -2.42. The van der Waals surface area contributed by atoms with E-state index in [1.807, 2.05) is 15.5 Å². The molecule has 0 radical (unpaired) electrons. The minimum absolute atomic E-state index is 0.0230. The Kier molecular flexibility index (Phi) is 5.47. The minimum atomic E-state index is -0.315. The second-order valence-electron chi connectivity index (χ2n) is 7.90. The fourth-order valence-corrected chi connectivity index (χ4v) is 4.37. The molecule has 29 heavy (non-hydrogen) atoms. The van der Waals surface area contributed by atoms with Gasteiger partial charge in [-0.05, 0) is 36.1 Å². The predicted molar refractivity (Wildman–Crippen MR) is 106 cm³/mol. The van der Waals surface area contributed by atoms with E-state index in [1.54, 1.807) is 24.3 Å². The normalized spacial score (nSPS) is 20.1. The molecule has 3 heterocycles. The lowest BCUT2D eigenvalue weighted by molar-refractivity contribution is -0.136. The van der Waals surface area contributed by atoms with Crippen LogP contribution in [0.5, 0.6) is 0 Å². The minimum Gasteiger partial charge on any atom is -0.352 e. The van der Waals surface area contributed by atoms with Crippen molar-refractivity contribution in [1.82, 2.24) is 14.8 Å². The summed E-state index contributed by atoms with van der Waals surface area (Å²) in [5.41, 5.74) is 1.84. The molecule has 0 aliphatic carbocycles. The van der Waals surface area contributed by atoms with Crippen LogP contribution in [0.25, 0.3) is 0 Å². The molecule has 1 fully saturated rings. The maximum Gasteiger partial charge on any atom is 0.250 e. The number of fused-ring (bicyclic) bond motifs is 4. The number of piperidine rings is 1. The van der Waals surface area contributed by atoms with Crippen LogP contribution in [-0.2, 0) is 22.7 Å². The van der Waals surface area contributed by atoms with E-state index in [0.29, 0.717) is 26.2 Å². The molecular weight excluding hydrogens is 373 g/mol. The second kappa shape index (κ2) is 8.19. The third-order valence-electron chi connectivity index (χ3n) is 5.80. The van der Waals surface area contributed by atoms with E-state index in [-0.39, 0.29) is 47.9 Å². The number of nitrogens with one attached hydrogen (secondary N) is 1. The summed E-state index contributed by atoms with van der Waals surface area (Å²) in [6.45, 7) is 2.18. The fourth-order valence-electron chi connectivity index (χ4n) is 4.37. The van der Waals surface area contributed by atoms with E-state index < -0.39 is 0 Å². The molecule has 1 aromatic carbocycles. The average Bonchev–Trinajstić information content (AvgIpc) is 2.72. The maximum absolute atomic E-state index is 12.9. The van der Waals surface area contributed by atoms with Crippen LogP contribution >= 0.6 is 0 Å². The van der Waals surface area contributed by atoms with Crippen LogP contribution in [0.1, 0.15) is 36.4 Å². The van der Waals surface area contributed by atoms with E-state index in [2.05, 4.69) is 5.32 Å². The van der Waals surface area contributed by atoms with Gasteiger partial charge in [0, 0.05) is 56.7 Å². The molecule has 6 nitrogen and oxygen atoms in total. The highest BCUT2D eigenvalue weighted by Crippen LogP contribution is 2.35. The number of carbonyl (C=O) groups is 2. The maximum atomic E-state index is 12.9. The van der Waals surface area contributed by atoms with Crippen LogP contribution in [0.3, 0.4) is 0 Å². The SMILES string of the molecule is O=C(CCC(=O)N1C[C@H]2C[C@@H](C1)c1cccc(=O)n1C2)NCc1ccc(F)cc1. The summed E-state index contributed by atoms with van der Waals surface area (Å²) >= 11 is 0. The van der Waals surface area contributed by atoms with Gasteiger partial charge in [-0.25, -0.2) is 4.39 Å². The van der Waals surface area contributed by atoms with E-state index in [9.17, 15) is 18.8 Å². The highest BCUT2D eigenvalue weighted by molar-refractivity contribution is 5.83. The van der Waals surface area contributed by atoms with Gasteiger partial charge in [0.05, 0.1) is 0 Å². The standard InChI is InChI=1S/C22H24FN3O3/c23-18-6-4-15(5-7-18)11-24-20(27)8-9-21(28)25-12-16-10-17(14-25)19-2-1-3-22(29)26(19)13-16/h1-7,16-17H,8-14H2,(H,24,27)/t16-,17+/m1/s1. The summed E-state index contributed by atoms with van der Waals surface area (Å²) in [7, 11) is 0. The molecule has 2 aliphatic rings. The Hall–Kier alpha value is -2.96. The first kappa shape index (κ1) is 19.4. The molecular formula is C22H24FN3O3. The van der Waals surface area contributed by atoms with Crippen molar-refractivity contribution >= 4 is 11.8 Å². The molecule has 4 rings (SSSR count). The number of carbonyl (C=O) groups excluding carboxylic acids is 2. The lowest BCUT2D eigenvalue weighted by Crippen LogP contribution is -2.49. The van der Waals surface area contributed by atoms with Crippen LogP contribution in [0, 0.1) is 11.7 Å². The topological polar surface area (TPSA) is 71.4 Å². The van der Waals surface area contributed by atoms with Crippen molar-refractivity contribution in [2.24, 2.45) is 5.92 Å². The number of amides is 2. The number of rotatable bonds is 5. The van der Waals surface area contributed by atoms with Crippen molar-refractivity contribution in [3.63, 3.8) is 0 Å². The van der Waals surface area contributed by atoms with E-state index >= 15 is 0 Å². The van der Waals surface area contributed by atoms with E-state index in [0.717, 1.165) is 17.7 Å². The number of nitrogens with zero attached hydrogens (tertiary/aromatic N) is 2. The van der Waals surface area contributed by atoms with Crippen LogP contribution in [-0.4, -0.2) is 34.4 Å². The van der Waals surface area contributed by atoms with Crippen molar-refractivity contribution in [3.8, 4) is 0 Å². The monoisotopic (exact) mass is 397 g/mol. The summed E-state index contributed by atoms with van der Waals surface area (Å²) in [6, 6.07) is 11.3. The summed E-state index contributed by atoms with van der Waals surface area (Å²) in [5, 5.41) is 2.77. The third-order valence-corrected chi connectivity index (χ3v) is 5.80. The number of likely N-dealkylation sites (tertiary alicyclic amines) is 1. The Bertz CT molecular complexity index is 970. The number of halogens is 1. The first-order valence-corrected chi connectivity index (χ1v) is 9.98. The molecule has 2 bridgehead atoms. The van der Waals surface area contributed by atoms with Gasteiger partial charge in [-0.1, -0.05) is 18.2 Å². The van der Waals surface area contributed by atoms with Crippen LogP contribution < -0.4 is 10.9 Å². The highest BCUT2D eigenvalue weighted by atomic mass is 19.1. The number of hydrogen-bond acceptors (Lipinski definition) is 3. The summed E-state index contributed by atoms with van der Waals surface area (Å²) in [5.74, 6) is -0.0881. The van der Waals surface area contributed by atoms with Gasteiger partial charge in [0.15, 0.2) is 0 Å². The zero-order valence-electron chi connectivity index (χ0n) is 16.1. The molecule has 152 valence electrons. The van der Waals surface area contributed by atoms with Gasteiger partial charge in [-0.15, -0.1) is 0 Å². The number of hydrogen-bond donors (Lipinski definition) is 1. The quantitative estimate of drug-likeness (QED) is 0.839. The largest absolute Gasteiger partial charge is 0.352 e. The molecule has 2 aromatic rings. The number of benzene rings is 1. The Morgan fingerprint density at radius 2 is 1.83 bits per heavy atom. The Morgan fingerprint density at radius 1 is 1.03 bits per heavy atom. The molecule has 2 amide bonds. The predicted octanol–water partition coefficient (Wildman–Crippen LogP) is 2.03. The smallest absolute Gasteiger partial charge is 0.250 e. The van der Waals surface area contributed by atoms with Crippen molar-refractivity contribution in [1.29, 1.82) is 0 Å². The van der Waals surface area contributed by atoms with E-state index in [4.69, 9.17) is 0 Å². The highest BCUT2D eigenvalue weighted by Gasteiger charge is 2.36. The molecule has 7 heteroatoms. The van der Waals surface area contributed by atoms with Crippen molar-refractivity contribution in [3.05, 3.63) is 69.9 Å². The van der Waals surface area contributed by atoms with Gasteiger partial charge < -0.3 is 14.8 Å². The first-order valence-electron chi connectivity index (χ1n) is 9.98. The second-order valence-corrected chi connectivity index (χ2v) is 7.90. The molecule has 0 spiro atoms. The lowest BCUT2D eigenvalue weighted by atomic mass is 9.83. The number of aromatic nitrogens is 1. The van der Waals surface area contributed by atoms with Gasteiger partial charge in [-0.2, -0.15) is 0 Å². The van der Waals surface area contributed by atoms with Gasteiger partial charge >= 0.3 is 0 Å². The average molecular weight is 397 g/mol. The van der Waals surface area contributed by atoms with Crippen molar-refractivity contribution in [2.75, 3.05) is 13.1 Å². The molecule has 0 saturated carbocycles. The fraction of sp³-hybridized carbons (Fsp3) is 0.409. The Balaban J connectivity index is 1.29. The zero-order valence-corrected chi connectivity index (χ0v) is 16.1. The molecule has 0 unspecified atom stereocenters. The van der Waals surface area contributed by atoms with Gasteiger partial charge in [-0.3, -0.25) is 14.4 Å². The van der Waals surface area contributed by atoms with Gasteiger partial charge in [0.1, 0.15) is 5.82 Å². The molecule has 2 atom stereocenters. The van der Waals surface area contributed by atoms with E-state index in [1.165, 1.54) is 12.1 Å². The zero-order chi connectivity index (χ0) is 20.4.